The first-order valence-corrected chi connectivity index (χ1v) is 11.8. The zero-order chi connectivity index (χ0) is 23.9. The van der Waals surface area contributed by atoms with E-state index in [1.165, 1.54) is 5.01 Å². The summed E-state index contributed by atoms with van der Waals surface area (Å²) in [5.41, 5.74) is 4.12. The lowest BCUT2D eigenvalue weighted by Crippen LogP contribution is -2.30. The summed E-state index contributed by atoms with van der Waals surface area (Å²) in [6.07, 6.45) is 0. The van der Waals surface area contributed by atoms with Gasteiger partial charge in [0.2, 0.25) is 5.79 Å². The van der Waals surface area contributed by atoms with Gasteiger partial charge in [0, 0.05) is 42.1 Å². The van der Waals surface area contributed by atoms with E-state index in [4.69, 9.17) is 37.8 Å². The summed E-state index contributed by atoms with van der Waals surface area (Å²) in [5.74, 6) is 0.522. The molecule has 2 aliphatic rings. The van der Waals surface area contributed by atoms with E-state index in [2.05, 4.69) is 5.32 Å². The number of nitrogens with one attached hydrogen (secondary N) is 1. The average molecular weight is 496 g/mol. The molecule has 1 N–H and O–H groups in total. The highest BCUT2D eigenvalue weighted by atomic mass is 35.5. The van der Waals surface area contributed by atoms with Crippen molar-refractivity contribution in [2.75, 3.05) is 11.9 Å². The first kappa shape index (κ1) is 22.6. The third kappa shape index (κ3) is 4.43. The van der Waals surface area contributed by atoms with E-state index in [1.54, 1.807) is 12.1 Å². The van der Waals surface area contributed by atoms with E-state index in [9.17, 15) is 4.79 Å². The molecule has 0 saturated carbocycles. The molecule has 2 aliphatic heterocycles. The van der Waals surface area contributed by atoms with Crippen molar-refractivity contribution in [3.63, 3.8) is 0 Å². The van der Waals surface area contributed by atoms with Gasteiger partial charge in [0.15, 0.2) is 11.5 Å². The lowest BCUT2D eigenvalue weighted by molar-refractivity contribution is -0.0434. The number of urea groups is 1. The molecular weight excluding hydrogens is 473 g/mol. The van der Waals surface area contributed by atoms with Crippen LogP contribution >= 0.6 is 23.2 Å². The van der Waals surface area contributed by atoms with Crippen molar-refractivity contribution in [2.45, 2.75) is 31.4 Å². The number of hydrazone groups is 1. The standard InChI is InChI=1S/C26H23Cl2N3O3/c1-26(2)33-22-13-20(12-18(14-27)24(22)34-26)29-25(32)31-15-21(16-6-4-3-5-7-16)23(30-31)17-8-10-19(28)11-9-17/h3-13,21H,14-15H2,1-2H3,(H,29,32). The van der Waals surface area contributed by atoms with Gasteiger partial charge in [-0.15, -0.1) is 11.6 Å². The van der Waals surface area contributed by atoms with Crippen LogP contribution in [0.2, 0.25) is 5.02 Å². The van der Waals surface area contributed by atoms with E-state index >= 15 is 0 Å². The van der Waals surface area contributed by atoms with Gasteiger partial charge in [0.05, 0.1) is 18.1 Å². The Labute approximate surface area is 208 Å². The van der Waals surface area contributed by atoms with Crippen molar-refractivity contribution in [3.05, 3.63) is 88.4 Å². The molecule has 8 heteroatoms. The van der Waals surface area contributed by atoms with E-state index in [-0.39, 0.29) is 17.8 Å². The average Bonchev–Trinajstić information content (AvgIpc) is 3.40. The van der Waals surface area contributed by atoms with Crippen molar-refractivity contribution in [1.29, 1.82) is 0 Å². The van der Waals surface area contributed by atoms with Gasteiger partial charge in [-0.3, -0.25) is 0 Å². The maximum absolute atomic E-state index is 13.2. The Morgan fingerprint density at radius 3 is 2.56 bits per heavy atom. The van der Waals surface area contributed by atoms with Crippen molar-refractivity contribution in [2.24, 2.45) is 5.10 Å². The summed E-state index contributed by atoms with van der Waals surface area (Å²) in [6, 6.07) is 20.7. The Balaban J connectivity index is 1.43. The van der Waals surface area contributed by atoms with Gasteiger partial charge in [-0.1, -0.05) is 54.1 Å². The molecule has 0 bridgehead atoms. The molecule has 0 saturated heterocycles. The van der Waals surface area contributed by atoms with Gasteiger partial charge in [-0.25, -0.2) is 9.80 Å². The molecule has 6 nitrogen and oxygen atoms in total. The van der Waals surface area contributed by atoms with Crippen molar-refractivity contribution < 1.29 is 14.3 Å². The van der Waals surface area contributed by atoms with Gasteiger partial charge in [0.25, 0.3) is 0 Å². The van der Waals surface area contributed by atoms with Crippen LogP contribution in [0.15, 0.2) is 71.8 Å². The van der Waals surface area contributed by atoms with E-state index in [0.717, 1.165) is 22.4 Å². The number of ether oxygens (including phenoxy) is 2. The number of benzene rings is 3. The lowest BCUT2D eigenvalue weighted by Gasteiger charge is -2.16. The van der Waals surface area contributed by atoms with Crippen LogP contribution in [0.4, 0.5) is 10.5 Å². The molecule has 34 heavy (non-hydrogen) atoms. The molecule has 0 spiro atoms. The van der Waals surface area contributed by atoms with E-state index in [1.807, 2.05) is 68.4 Å². The second kappa shape index (κ2) is 8.85. The second-order valence-electron chi connectivity index (χ2n) is 8.67. The zero-order valence-corrected chi connectivity index (χ0v) is 20.2. The minimum absolute atomic E-state index is 0.0657. The number of nitrogens with zero attached hydrogens (tertiary/aromatic N) is 2. The molecule has 0 fully saturated rings. The summed E-state index contributed by atoms with van der Waals surface area (Å²) in [7, 11) is 0. The molecule has 1 atom stereocenters. The molecule has 3 aromatic rings. The molecule has 174 valence electrons. The number of carbonyl (C=O) groups is 1. The van der Waals surface area contributed by atoms with Crippen LogP contribution in [0.3, 0.4) is 0 Å². The predicted octanol–water partition coefficient (Wildman–Crippen LogP) is 6.62. The summed E-state index contributed by atoms with van der Waals surface area (Å²) >= 11 is 12.2. The van der Waals surface area contributed by atoms with Crippen molar-refractivity contribution in [3.8, 4) is 11.5 Å². The van der Waals surface area contributed by atoms with Crippen molar-refractivity contribution in [1.82, 2.24) is 5.01 Å². The second-order valence-corrected chi connectivity index (χ2v) is 9.37. The minimum atomic E-state index is -0.790. The maximum Gasteiger partial charge on any atom is 0.342 e. The highest BCUT2D eigenvalue weighted by molar-refractivity contribution is 6.30. The largest absolute Gasteiger partial charge is 0.449 e. The predicted molar refractivity (Wildman–Crippen MR) is 134 cm³/mol. The summed E-state index contributed by atoms with van der Waals surface area (Å²) in [5, 5.41) is 9.73. The van der Waals surface area contributed by atoms with Crippen molar-refractivity contribution >= 4 is 40.6 Å². The maximum atomic E-state index is 13.2. The van der Waals surface area contributed by atoms with Crippen LogP contribution < -0.4 is 14.8 Å². The van der Waals surface area contributed by atoms with Crippen LogP contribution in [0.5, 0.6) is 11.5 Å². The Bertz CT molecular complexity index is 1260. The highest BCUT2D eigenvalue weighted by Gasteiger charge is 2.35. The molecule has 0 aliphatic carbocycles. The number of amides is 2. The summed E-state index contributed by atoms with van der Waals surface area (Å²) < 4.78 is 11.7. The number of hydrogen-bond acceptors (Lipinski definition) is 4. The number of alkyl halides is 1. The van der Waals surface area contributed by atoms with E-state index in [0.29, 0.717) is 28.8 Å². The first-order chi connectivity index (χ1) is 16.3. The number of carbonyl (C=O) groups excluding carboxylic acids is 1. The number of halogens is 2. The zero-order valence-electron chi connectivity index (χ0n) is 18.7. The number of anilines is 1. The smallest absolute Gasteiger partial charge is 0.342 e. The van der Waals surface area contributed by atoms with Crippen LogP contribution in [0, 0.1) is 0 Å². The molecule has 0 radical (unpaired) electrons. The first-order valence-electron chi connectivity index (χ1n) is 10.9. The third-order valence-electron chi connectivity index (χ3n) is 5.72. The third-order valence-corrected chi connectivity index (χ3v) is 6.26. The normalized spacial score (nSPS) is 18.1. The molecule has 3 aromatic carbocycles. The summed E-state index contributed by atoms with van der Waals surface area (Å²) in [6.45, 7) is 4.06. The van der Waals surface area contributed by atoms with Crippen LogP contribution in [0.25, 0.3) is 0 Å². The number of hydrogen-bond donors (Lipinski definition) is 1. The SMILES string of the molecule is CC1(C)Oc2cc(NC(=O)N3CC(c4ccccc4)C(c4ccc(Cl)cc4)=N3)cc(CCl)c2O1. The Morgan fingerprint density at radius 1 is 1.12 bits per heavy atom. The summed E-state index contributed by atoms with van der Waals surface area (Å²) in [4.78, 5) is 13.2. The monoisotopic (exact) mass is 495 g/mol. The molecule has 1 unspecified atom stereocenters. The molecule has 5 rings (SSSR count). The Kier molecular flexibility index (Phi) is 5.88. The quantitative estimate of drug-likeness (QED) is 0.413. The van der Waals surface area contributed by atoms with Gasteiger partial charge < -0.3 is 14.8 Å². The Hall–Kier alpha value is -3.22. The van der Waals surface area contributed by atoms with Gasteiger partial charge in [-0.2, -0.15) is 5.10 Å². The van der Waals surface area contributed by atoms with E-state index < -0.39 is 5.79 Å². The molecule has 2 amide bonds. The molecule has 2 heterocycles. The lowest BCUT2D eigenvalue weighted by atomic mass is 9.91. The fourth-order valence-corrected chi connectivity index (χ4v) is 4.52. The number of rotatable bonds is 4. The van der Waals surface area contributed by atoms with Gasteiger partial charge in [0.1, 0.15) is 0 Å². The highest BCUT2D eigenvalue weighted by Crippen LogP contribution is 2.44. The molecular formula is C26H23Cl2N3O3. The van der Waals surface area contributed by atoms with Crippen LogP contribution in [-0.2, 0) is 5.88 Å². The minimum Gasteiger partial charge on any atom is -0.449 e. The van der Waals surface area contributed by atoms with Crippen LogP contribution in [-0.4, -0.2) is 29.1 Å². The topological polar surface area (TPSA) is 63.2 Å². The Morgan fingerprint density at radius 2 is 1.85 bits per heavy atom. The fraction of sp³-hybridized carbons (Fsp3) is 0.231. The van der Waals surface area contributed by atoms with Crippen LogP contribution in [0.1, 0.15) is 36.5 Å². The number of fused-ring (bicyclic) bond motifs is 1. The fourth-order valence-electron chi connectivity index (χ4n) is 4.20. The van der Waals surface area contributed by atoms with Gasteiger partial charge >= 0.3 is 6.03 Å². The molecule has 0 aromatic heterocycles. The van der Waals surface area contributed by atoms with Gasteiger partial charge in [-0.05, 0) is 29.3 Å².